The lowest BCUT2D eigenvalue weighted by molar-refractivity contribution is -0.143. The van der Waals surface area contributed by atoms with Gasteiger partial charge in [-0.25, -0.2) is 9.55 Å². The number of imidazole rings is 1. The number of H-pyrrole nitrogens is 1. The first-order chi connectivity index (χ1) is 18.1. The number of carbonyl (C=O) groups excluding carboxylic acids is 1. The van der Waals surface area contributed by atoms with Gasteiger partial charge >= 0.3 is 13.7 Å². The predicted molar refractivity (Wildman–Crippen MR) is 140 cm³/mol. The molecule has 0 spiro atoms. The zero-order valence-corrected chi connectivity index (χ0v) is 22.2. The highest BCUT2D eigenvalue weighted by atomic mass is 31.2. The molecule has 1 aliphatic carbocycles. The fraction of sp³-hybridized carbons (Fsp3) is 0.417. The van der Waals surface area contributed by atoms with Gasteiger partial charge in [-0.1, -0.05) is 32.0 Å². The van der Waals surface area contributed by atoms with Gasteiger partial charge in [0.25, 0.3) is 5.56 Å². The molecule has 0 aliphatic heterocycles. The Morgan fingerprint density at radius 2 is 2.11 bits per heavy atom. The van der Waals surface area contributed by atoms with Crippen molar-refractivity contribution in [1.82, 2.24) is 24.6 Å². The molecule has 1 unspecified atom stereocenters. The Balaban J connectivity index is 1.58. The van der Waals surface area contributed by atoms with Crippen LogP contribution in [0.5, 0.6) is 5.75 Å². The van der Waals surface area contributed by atoms with Crippen molar-refractivity contribution in [1.29, 1.82) is 0 Å². The standard InChI is InChI=1S/C24H31N6O7P/c1-15(2)9-18(22(33)35-3)29-38(34,37-17-7-5-4-6-8-17)36-13-24(12-31)10-16(24)11-30-14-26-19-20(30)27-23(25)28-21(19)32/h4-8,11,14-15,18,31H,9-10,12-13H2,1-3H3,(H,29,34)(H3,25,27,28,32)/b16-11-/t18-,24-,38?/m0/s1. The molecule has 0 saturated heterocycles. The molecule has 4 rings (SSSR count). The first-order valence-electron chi connectivity index (χ1n) is 12.0. The number of methoxy groups -OCH3 is 1. The molecule has 13 nitrogen and oxygen atoms in total. The Morgan fingerprint density at radius 3 is 2.76 bits per heavy atom. The van der Waals surface area contributed by atoms with E-state index in [1.807, 2.05) is 13.8 Å². The maximum Gasteiger partial charge on any atom is 0.459 e. The first kappa shape index (κ1) is 27.5. The van der Waals surface area contributed by atoms with Crippen LogP contribution >= 0.6 is 7.75 Å². The van der Waals surface area contributed by atoms with Crippen LogP contribution in [-0.2, 0) is 18.6 Å². The minimum Gasteiger partial charge on any atom is -0.468 e. The number of aliphatic hydroxyl groups excluding tert-OH is 1. The van der Waals surface area contributed by atoms with Crippen molar-refractivity contribution in [3.05, 3.63) is 52.6 Å². The zero-order valence-electron chi connectivity index (χ0n) is 21.3. The number of aromatic nitrogens is 4. The summed E-state index contributed by atoms with van der Waals surface area (Å²) in [5, 5.41) is 13.0. The number of esters is 1. The SMILES string of the molecule is COC(=O)[C@H](CC(C)C)NP(=O)(OC[C@@]1(CO)C/C1=C/n1cnc2c(=O)[nH]c(N)nc21)Oc1ccccc1. The number of hydrogen-bond acceptors (Lipinski definition) is 10. The van der Waals surface area contributed by atoms with Crippen LogP contribution < -0.4 is 20.9 Å². The summed E-state index contributed by atoms with van der Waals surface area (Å²) in [5.41, 5.74) is 5.46. The lowest BCUT2D eigenvalue weighted by atomic mass is 10.1. The van der Waals surface area contributed by atoms with Crippen molar-refractivity contribution < 1.29 is 28.3 Å². The van der Waals surface area contributed by atoms with Crippen molar-refractivity contribution >= 4 is 37.0 Å². The zero-order chi connectivity index (χ0) is 27.5. The Morgan fingerprint density at radius 1 is 1.37 bits per heavy atom. The van der Waals surface area contributed by atoms with E-state index in [1.165, 1.54) is 18.0 Å². The molecular formula is C24H31N6O7P. The van der Waals surface area contributed by atoms with E-state index >= 15 is 0 Å². The smallest absolute Gasteiger partial charge is 0.459 e. The van der Waals surface area contributed by atoms with E-state index in [0.29, 0.717) is 12.8 Å². The van der Waals surface area contributed by atoms with Gasteiger partial charge in [-0.2, -0.15) is 10.1 Å². The van der Waals surface area contributed by atoms with Gasteiger partial charge in [-0.15, -0.1) is 0 Å². The van der Waals surface area contributed by atoms with Crippen LogP contribution in [0.1, 0.15) is 26.7 Å². The number of carbonyl (C=O) groups is 1. The monoisotopic (exact) mass is 546 g/mol. The van der Waals surface area contributed by atoms with Gasteiger partial charge in [-0.3, -0.25) is 23.7 Å². The van der Waals surface area contributed by atoms with E-state index in [1.54, 1.807) is 36.5 Å². The van der Waals surface area contributed by atoms with E-state index in [-0.39, 0.29) is 42.0 Å². The van der Waals surface area contributed by atoms with E-state index in [0.717, 1.165) is 5.57 Å². The number of nitrogens with one attached hydrogen (secondary N) is 2. The Labute approximate surface area is 218 Å². The number of anilines is 1. The highest BCUT2D eigenvalue weighted by Crippen LogP contribution is 2.56. The maximum absolute atomic E-state index is 13.9. The van der Waals surface area contributed by atoms with Crippen LogP contribution in [0.2, 0.25) is 0 Å². The summed E-state index contributed by atoms with van der Waals surface area (Å²) in [4.78, 5) is 35.1. The van der Waals surface area contributed by atoms with Gasteiger partial charge in [0.05, 0.1) is 20.3 Å². The van der Waals surface area contributed by atoms with E-state index in [2.05, 4.69) is 20.0 Å². The van der Waals surface area contributed by atoms with Crippen LogP contribution in [0.3, 0.4) is 0 Å². The normalized spacial score (nSPS) is 20.4. The molecule has 3 atom stereocenters. The molecule has 0 amide bonds. The molecule has 1 aromatic carbocycles. The van der Waals surface area contributed by atoms with Crippen LogP contribution in [0.4, 0.5) is 5.95 Å². The van der Waals surface area contributed by atoms with E-state index in [4.69, 9.17) is 19.5 Å². The third-order valence-corrected chi connectivity index (χ3v) is 7.67. The number of fused-ring (bicyclic) bond motifs is 1. The van der Waals surface area contributed by atoms with Gasteiger partial charge in [-0.05, 0) is 36.5 Å². The van der Waals surface area contributed by atoms with Crippen LogP contribution in [0.15, 0.2) is 47.0 Å². The Hall–Kier alpha value is -3.51. The van der Waals surface area contributed by atoms with Gasteiger partial charge in [0.2, 0.25) is 5.95 Å². The average molecular weight is 547 g/mol. The third kappa shape index (κ3) is 6.13. The minimum absolute atomic E-state index is 0.0539. The quantitative estimate of drug-likeness (QED) is 0.193. The number of nitrogen functional groups attached to an aromatic ring is 1. The molecule has 3 aromatic rings. The van der Waals surface area contributed by atoms with Crippen molar-refractivity contribution in [2.45, 2.75) is 32.7 Å². The molecule has 204 valence electrons. The van der Waals surface area contributed by atoms with Crippen molar-refractivity contribution in [3.63, 3.8) is 0 Å². The molecule has 0 radical (unpaired) electrons. The van der Waals surface area contributed by atoms with Crippen LogP contribution in [-0.4, -0.2) is 57.0 Å². The summed E-state index contributed by atoms with van der Waals surface area (Å²) in [6.07, 6.45) is 3.84. The Kier molecular flexibility index (Phi) is 8.02. The molecule has 14 heteroatoms. The number of nitrogens with zero attached hydrogens (tertiary/aromatic N) is 3. The second-order valence-corrected chi connectivity index (χ2v) is 11.2. The van der Waals surface area contributed by atoms with Crippen LogP contribution in [0, 0.1) is 11.3 Å². The molecule has 1 fully saturated rings. The molecule has 2 heterocycles. The van der Waals surface area contributed by atoms with E-state index < -0.39 is 30.7 Å². The number of aromatic amines is 1. The van der Waals surface area contributed by atoms with Gasteiger partial charge < -0.3 is 20.1 Å². The molecule has 38 heavy (non-hydrogen) atoms. The van der Waals surface area contributed by atoms with Crippen molar-refractivity contribution in [3.8, 4) is 5.75 Å². The second kappa shape index (κ2) is 11.1. The minimum atomic E-state index is -4.12. The number of benzene rings is 1. The molecule has 1 aliphatic rings. The molecule has 5 N–H and O–H groups in total. The summed E-state index contributed by atoms with van der Waals surface area (Å²) in [7, 11) is -2.87. The van der Waals surface area contributed by atoms with Crippen molar-refractivity contribution in [2.75, 3.05) is 26.1 Å². The number of ether oxygens (including phenoxy) is 1. The lowest BCUT2D eigenvalue weighted by Crippen LogP contribution is -2.38. The van der Waals surface area contributed by atoms with Crippen molar-refractivity contribution in [2.24, 2.45) is 11.3 Å². The summed E-state index contributed by atoms with van der Waals surface area (Å²) in [6, 6.07) is 7.48. The third-order valence-electron chi connectivity index (χ3n) is 6.12. The number of rotatable bonds is 12. The number of nitrogens with two attached hydrogens (primary N) is 1. The molecule has 0 bridgehead atoms. The fourth-order valence-corrected chi connectivity index (χ4v) is 5.57. The molecule has 2 aromatic heterocycles. The molecule has 1 saturated carbocycles. The topological polar surface area (TPSA) is 184 Å². The van der Waals surface area contributed by atoms with Gasteiger partial charge in [0, 0.05) is 11.6 Å². The summed E-state index contributed by atoms with van der Waals surface area (Å²) < 4.78 is 31.9. The first-order valence-corrected chi connectivity index (χ1v) is 13.5. The van der Waals surface area contributed by atoms with Gasteiger partial charge in [0.15, 0.2) is 11.2 Å². The predicted octanol–water partition coefficient (Wildman–Crippen LogP) is 2.31. The number of aliphatic hydroxyl groups is 1. The maximum atomic E-state index is 13.9. The fourth-order valence-electron chi connectivity index (χ4n) is 3.98. The number of hydrogen-bond donors (Lipinski definition) is 4. The average Bonchev–Trinajstić information content (AvgIpc) is 3.42. The van der Waals surface area contributed by atoms with E-state index in [9.17, 15) is 19.3 Å². The highest BCUT2D eigenvalue weighted by Gasteiger charge is 2.51. The van der Waals surface area contributed by atoms with Gasteiger partial charge in [0.1, 0.15) is 18.1 Å². The summed E-state index contributed by atoms with van der Waals surface area (Å²) >= 11 is 0. The number of para-hydroxylation sites is 1. The molecular weight excluding hydrogens is 515 g/mol. The summed E-state index contributed by atoms with van der Waals surface area (Å²) in [5.74, 6) is -0.295. The second-order valence-electron chi connectivity index (χ2n) is 9.55. The summed E-state index contributed by atoms with van der Waals surface area (Å²) in [6.45, 7) is 3.35. The highest BCUT2D eigenvalue weighted by molar-refractivity contribution is 7.52. The lowest BCUT2D eigenvalue weighted by Gasteiger charge is -2.26. The van der Waals surface area contributed by atoms with Crippen LogP contribution in [0.25, 0.3) is 17.4 Å². The largest absolute Gasteiger partial charge is 0.468 e. The Bertz CT molecular complexity index is 1440.